The first-order valence-electron chi connectivity index (χ1n) is 10.2. The van der Waals surface area contributed by atoms with Crippen LogP contribution in [0, 0.1) is 6.92 Å². The Morgan fingerprint density at radius 1 is 1.21 bits per heavy atom. The van der Waals surface area contributed by atoms with Crippen molar-refractivity contribution < 1.29 is 23.8 Å². The molecule has 1 N–H and O–H groups in total. The van der Waals surface area contributed by atoms with Gasteiger partial charge in [0.25, 0.3) is 5.91 Å². The van der Waals surface area contributed by atoms with E-state index in [1.165, 1.54) is 23.3 Å². The van der Waals surface area contributed by atoms with Gasteiger partial charge in [0.2, 0.25) is 5.78 Å². The molecule has 2 aromatic carbocycles. The van der Waals surface area contributed by atoms with Crippen molar-refractivity contribution in [1.29, 1.82) is 0 Å². The largest absolute Gasteiger partial charge is 0.503 e. The molecule has 3 heterocycles. The summed E-state index contributed by atoms with van der Waals surface area (Å²) >= 11 is 11.1. The third kappa shape index (κ3) is 3.62. The van der Waals surface area contributed by atoms with Gasteiger partial charge >= 0.3 is 0 Å². The number of hydrogen-bond acceptors (Lipinski definition) is 6. The summed E-state index contributed by atoms with van der Waals surface area (Å²) in [5.74, 6) is -1.38. The topological polar surface area (TPSA) is 80.0 Å². The molecule has 5 rings (SSSR count). The van der Waals surface area contributed by atoms with Gasteiger partial charge in [-0.15, -0.1) is 11.3 Å². The third-order valence-electron chi connectivity index (χ3n) is 5.72. The Kier molecular flexibility index (Phi) is 5.75. The first-order valence-corrected chi connectivity index (χ1v) is 12.2. The van der Waals surface area contributed by atoms with Gasteiger partial charge in [-0.1, -0.05) is 27.5 Å². The fourth-order valence-electron chi connectivity index (χ4n) is 4.08. The minimum absolute atomic E-state index is 0.0382. The van der Waals surface area contributed by atoms with E-state index in [4.69, 9.17) is 20.8 Å². The van der Waals surface area contributed by atoms with E-state index in [1.54, 1.807) is 30.3 Å². The lowest BCUT2D eigenvalue weighted by Crippen LogP contribution is -2.30. The molecule has 0 spiro atoms. The highest BCUT2D eigenvalue weighted by Crippen LogP contribution is 2.46. The van der Waals surface area contributed by atoms with Crippen LogP contribution in [0.4, 0.5) is 5.69 Å². The molecule has 6 nitrogen and oxygen atoms in total. The van der Waals surface area contributed by atoms with Crippen LogP contribution in [0.5, 0.6) is 5.75 Å². The number of halogens is 2. The summed E-state index contributed by atoms with van der Waals surface area (Å²) in [5, 5.41) is 13.8. The summed E-state index contributed by atoms with van der Waals surface area (Å²) in [7, 11) is 1.50. The Labute approximate surface area is 212 Å². The number of methoxy groups -OCH3 is 1. The number of anilines is 1. The highest BCUT2D eigenvalue weighted by atomic mass is 79.9. The summed E-state index contributed by atoms with van der Waals surface area (Å²) < 4.78 is 11.8. The molecule has 1 atom stereocenters. The molecule has 9 heteroatoms. The first kappa shape index (κ1) is 22.7. The summed E-state index contributed by atoms with van der Waals surface area (Å²) in [6.45, 7) is 1.89. The first-order chi connectivity index (χ1) is 16.3. The molecule has 1 unspecified atom stereocenters. The minimum atomic E-state index is -0.843. The van der Waals surface area contributed by atoms with Gasteiger partial charge in [0.15, 0.2) is 11.5 Å². The van der Waals surface area contributed by atoms with E-state index in [0.717, 1.165) is 20.3 Å². The predicted molar refractivity (Wildman–Crippen MR) is 135 cm³/mol. The fraction of sp³-hybridized carbons (Fsp3) is 0.120. The zero-order valence-corrected chi connectivity index (χ0v) is 21.1. The Balaban J connectivity index is 1.65. The van der Waals surface area contributed by atoms with Gasteiger partial charge in [-0.2, -0.15) is 0 Å². The van der Waals surface area contributed by atoms with E-state index in [-0.39, 0.29) is 11.3 Å². The number of nitrogens with zero attached hydrogens (tertiary/aromatic N) is 1. The van der Waals surface area contributed by atoms with Crippen LogP contribution in [0.3, 0.4) is 0 Å². The van der Waals surface area contributed by atoms with Gasteiger partial charge in [0, 0.05) is 20.4 Å². The van der Waals surface area contributed by atoms with Crippen molar-refractivity contribution in [2.24, 2.45) is 0 Å². The number of benzene rings is 2. The molecule has 1 aliphatic heterocycles. The Hall–Kier alpha value is -3.07. The maximum absolute atomic E-state index is 13.7. The van der Waals surface area contributed by atoms with Crippen LogP contribution in [0.25, 0.3) is 11.0 Å². The number of carbonyl (C=O) groups is 2. The molecule has 2 aromatic heterocycles. The smallest absolute Gasteiger partial charge is 0.294 e. The van der Waals surface area contributed by atoms with E-state index >= 15 is 0 Å². The van der Waals surface area contributed by atoms with E-state index in [9.17, 15) is 14.7 Å². The van der Waals surface area contributed by atoms with E-state index in [0.29, 0.717) is 22.0 Å². The van der Waals surface area contributed by atoms with Crippen LogP contribution in [-0.4, -0.2) is 23.9 Å². The van der Waals surface area contributed by atoms with Crippen molar-refractivity contribution in [1.82, 2.24) is 0 Å². The molecule has 1 aliphatic rings. The minimum Gasteiger partial charge on any atom is -0.503 e. The van der Waals surface area contributed by atoms with Crippen molar-refractivity contribution >= 4 is 67.2 Å². The van der Waals surface area contributed by atoms with Crippen molar-refractivity contribution in [2.75, 3.05) is 12.0 Å². The lowest BCUT2D eigenvalue weighted by atomic mass is 9.98. The molecule has 0 fully saturated rings. The van der Waals surface area contributed by atoms with Gasteiger partial charge in [-0.05, 0) is 66.4 Å². The van der Waals surface area contributed by atoms with Crippen LogP contribution < -0.4 is 9.64 Å². The molecule has 4 aromatic rings. The summed E-state index contributed by atoms with van der Waals surface area (Å²) in [4.78, 5) is 29.1. The number of Topliss-reactive ketones (excluding diaryl/α,β-unsaturated/α-hetero) is 1. The number of aryl methyl sites for hydroxylation is 1. The molecular formula is C25H17BrClNO5S. The van der Waals surface area contributed by atoms with Gasteiger partial charge in [0.1, 0.15) is 17.4 Å². The second-order valence-corrected chi connectivity index (χ2v) is 10.0. The number of ketones is 1. The average molecular weight is 559 g/mol. The summed E-state index contributed by atoms with van der Waals surface area (Å²) in [6.07, 6.45) is 0. The van der Waals surface area contributed by atoms with E-state index in [1.807, 2.05) is 30.5 Å². The van der Waals surface area contributed by atoms with Crippen LogP contribution >= 0.6 is 38.9 Å². The normalized spacial score (nSPS) is 16.1. The van der Waals surface area contributed by atoms with E-state index in [2.05, 4.69) is 15.9 Å². The Morgan fingerprint density at radius 3 is 2.68 bits per heavy atom. The molecule has 172 valence electrons. The van der Waals surface area contributed by atoms with Crippen molar-refractivity contribution in [3.8, 4) is 5.75 Å². The lowest BCUT2D eigenvalue weighted by Gasteiger charge is -2.26. The number of rotatable bonds is 5. The van der Waals surface area contributed by atoms with Gasteiger partial charge < -0.3 is 14.3 Å². The average Bonchev–Trinajstić information content (AvgIpc) is 3.49. The summed E-state index contributed by atoms with van der Waals surface area (Å²) in [6, 6.07) is 12.9. The Bertz CT molecular complexity index is 1500. The molecule has 0 aliphatic carbocycles. The maximum atomic E-state index is 13.7. The predicted octanol–water partition coefficient (Wildman–Crippen LogP) is 7.01. The molecular weight excluding hydrogens is 542 g/mol. The second-order valence-electron chi connectivity index (χ2n) is 7.75. The van der Waals surface area contributed by atoms with Crippen molar-refractivity contribution in [3.05, 3.63) is 90.9 Å². The number of aliphatic hydroxyl groups is 1. The van der Waals surface area contributed by atoms with Crippen LogP contribution in [0.15, 0.2) is 74.1 Å². The maximum Gasteiger partial charge on any atom is 0.294 e. The standard InChI is InChI=1S/C25H17BrClNO5S/c1-12-7-8-34-24(12)21-20(22(29)19-10-13-9-14(26)3-5-17(13)33-19)23(30)25(31)28(21)15-4-6-18(32-2)16(27)11-15/h3-11,21,30H,1-2H3. The number of ether oxygens (including phenoxy) is 1. The number of carbonyl (C=O) groups excluding carboxylic acids is 2. The SMILES string of the molecule is COc1ccc(N2C(=O)C(O)=C(C(=O)c3cc4cc(Br)ccc4o3)C2c2sccc2C)cc1Cl. The van der Waals surface area contributed by atoms with Gasteiger partial charge in [-0.3, -0.25) is 14.5 Å². The number of furan rings is 1. The highest BCUT2D eigenvalue weighted by molar-refractivity contribution is 9.10. The second kappa shape index (κ2) is 8.61. The lowest BCUT2D eigenvalue weighted by molar-refractivity contribution is -0.117. The quantitative estimate of drug-likeness (QED) is 0.267. The van der Waals surface area contributed by atoms with E-state index < -0.39 is 23.5 Å². The molecule has 0 bridgehead atoms. The highest BCUT2D eigenvalue weighted by Gasteiger charge is 2.46. The number of thiophene rings is 1. The molecule has 1 amide bonds. The van der Waals surface area contributed by atoms with Gasteiger partial charge in [-0.25, -0.2) is 0 Å². The third-order valence-corrected chi connectivity index (χ3v) is 7.58. The monoisotopic (exact) mass is 557 g/mol. The molecule has 0 saturated carbocycles. The van der Waals surface area contributed by atoms with Crippen LogP contribution in [0.1, 0.15) is 27.0 Å². The molecule has 0 saturated heterocycles. The van der Waals surface area contributed by atoms with Crippen molar-refractivity contribution in [2.45, 2.75) is 13.0 Å². The molecule has 34 heavy (non-hydrogen) atoms. The zero-order chi connectivity index (χ0) is 24.1. The number of hydrogen-bond donors (Lipinski definition) is 1. The number of aliphatic hydroxyl groups excluding tert-OH is 1. The molecule has 0 radical (unpaired) electrons. The summed E-state index contributed by atoms with van der Waals surface area (Å²) in [5.41, 5.74) is 1.80. The fourth-order valence-corrected chi connectivity index (χ4v) is 5.74. The Morgan fingerprint density at radius 2 is 2.00 bits per heavy atom. The van der Waals surface area contributed by atoms with Crippen molar-refractivity contribution in [3.63, 3.8) is 0 Å². The number of fused-ring (bicyclic) bond motifs is 1. The zero-order valence-electron chi connectivity index (χ0n) is 18.0. The van der Waals surface area contributed by atoms with Gasteiger partial charge in [0.05, 0.1) is 17.7 Å². The van der Waals surface area contributed by atoms with Crippen LogP contribution in [-0.2, 0) is 4.79 Å². The van der Waals surface area contributed by atoms with Crippen LogP contribution in [0.2, 0.25) is 5.02 Å². The number of amides is 1.